The predicted octanol–water partition coefficient (Wildman–Crippen LogP) is 2.09. The second-order valence-electron chi connectivity index (χ2n) is 5.99. The first-order valence-corrected chi connectivity index (χ1v) is 7.67. The van der Waals surface area contributed by atoms with Gasteiger partial charge in [0.25, 0.3) is 0 Å². The summed E-state index contributed by atoms with van der Waals surface area (Å²) in [5, 5.41) is 5.80. The van der Waals surface area contributed by atoms with E-state index in [9.17, 15) is 0 Å². The second kappa shape index (κ2) is 6.00. The zero-order chi connectivity index (χ0) is 14.8. The third-order valence-electron chi connectivity index (χ3n) is 4.33. The fourth-order valence-electron chi connectivity index (χ4n) is 3.25. The van der Waals surface area contributed by atoms with E-state index in [1.165, 1.54) is 16.3 Å². The van der Waals surface area contributed by atoms with Gasteiger partial charge in [0.05, 0.1) is 0 Å². The highest BCUT2D eigenvalue weighted by molar-refractivity contribution is 5.94. The van der Waals surface area contributed by atoms with Gasteiger partial charge in [0.2, 0.25) is 0 Å². The predicted molar refractivity (Wildman–Crippen MR) is 88.8 cm³/mol. The molecule has 1 unspecified atom stereocenters. The molecule has 1 atom stereocenters. The highest BCUT2D eigenvalue weighted by Gasteiger charge is 2.24. The Kier molecular flexibility index (Phi) is 4.08. The summed E-state index contributed by atoms with van der Waals surface area (Å²) in [7, 11) is 4.17. The van der Waals surface area contributed by atoms with Crippen molar-refractivity contribution in [3.63, 3.8) is 0 Å². The van der Waals surface area contributed by atoms with Crippen LogP contribution in [0.5, 0.6) is 0 Å². The van der Waals surface area contributed by atoms with Gasteiger partial charge in [-0.2, -0.15) is 0 Å². The number of rotatable bonds is 3. The Labute approximate surface area is 126 Å². The van der Waals surface area contributed by atoms with Gasteiger partial charge in [0, 0.05) is 43.8 Å². The summed E-state index contributed by atoms with van der Waals surface area (Å²) in [5.41, 5.74) is 1.26. The lowest BCUT2D eigenvalue weighted by Gasteiger charge is -2.39. The molecule has 21 heavy (non-hydrogen) atoms. The molecular weight excluding hydrogens is 260 g/mol. The van der Waals surface area contributed by atoms with Crippen molar-refractivity contribution in [3.8, 4) is 0 Å². The summed E-state index contributed by atoms with van der Waals surface area (Å²) in [5.74, 6) is 1.13. The van der Waals surface area contributed by atoms with Crippen molar-refractivity contribution in [3.05, 3.63) is 36.0 Å². The molecule has 112 valence electrons. The summed E-state index contributed by atoms with van der Waals surface area (Å²) in [6.07, 6.45) is 2.03. The van der Waals surface area contributed by atoms with Crippen molar-refractivity contribution < 1.29 is 0 Å². The summed E-state index contributed by atoms with van der Waals surface area (Å²) >= 11 is 0. The topological polar surface area (TPSA) is 31.4 Å². The van der Waals surface area contributed by atoms with Crippen LogP contribution in [0.1, 0.15) is 12.5 Å². The number of nitrogens with one attached hydrogen (secondary N) is 1. The number of fused-ring (bicyclic) bond motifs is 1. The molecule has 1 aromatic carbocycles. The molecule has 1 aliphatic rings. The van der Waals surface area contributed by atoms with Crippen LogP contribution in [-0.2, 0) is 6.54 Å². The maximum atomic E-state index is 4.79. The van der Waals surface area contributed by atoms with Gasteiger partial charge < -0.3 is 15.1 Å². The molecule has 1 fully saturated rings. The Morgan fingerprint density at radius 3 is 2.71 bits per heavy atom. The molecule has 4 nitrogen and oxygen atoms in total. The van der Waals surface area contributed by atoms with Crippen LogP contribution >= 0.6 is 0 Å². The van der Waals surface area contributed by atoms with E-state index in [0.29, 0.717) is 6.04 Å². The molecule has 3 rings (SSSR count). The minimum atomic E-state index is 0.495. The van der Waals surface area contributed by atoms with Crippen LogP contribution in [-0.4, -0.2) is 49.7 Å². The molecule has 4 heteroatoms. The molecule has 0 aliphatic carbocycles. The second-order valence-corrected chi connectivity index (χ2v) is 5.99. The molecule has 2 heterocycles. The number of piperazine rings is 1. The van der Waals surface area contributed by atoms with E-state index >= 15 is 0 Å². The van der Waals surface area contributed by atoms with Crippen LogP contribution in [0.25, 0.3) is 10.8 Å². The van der Waals surface area contributed by atoms with E-state index in [-0.39, 0.29) is 0 Å². The fraction of sp³-hybridized carbons (Fsp3) is 0.471. The monoisotopic (exact) mass is 284 g/mol. The van der Waals surface area contributed by atoms with Gasteiger partial charge in [-0.3, -0.25) is 0 Å². The number of anilines is 1. The maximum absolute atomic E-state index is 4.79. The first-order valence-electron chi connectivity index (χ1n) is 7.67. The van der Waals surface area contributed by atoms with Gasteiger partial charge in [0.15, 0.2) is 0 Å². The zero-order valence-electron chi connectivity index (χ0n) is 13.1. The van der Waals surface area contributed by atoms with Crippen LogP contribution in [0, 0.1) is 0 Å². The number of likely N-dealkylation sites (N-methyl/N-ethyl adjacent to an activating group) is 1. The largest absolute Gasteiger partial charge is 0.351 e. The molecule has 1 N–H and O–H groups in total. The quantitative estimate of drug-likeness (QED) is 0.935. The summed E-state index contributed by atoms with van der Waals surface area (Å²) in [4.78, 5) is 9.63. The van der Waals surface area contributed by atoms with Crippen molar-refractivity contribution in [2.75, 3.05) is 38.6 Å². The standard InChI is InChI=1S/C17H24N4/c1-13-12-20(3)8-9-21(13)17-16-7-5-4-6-15(16)14(10-18-2)11-19-17/h4-7,11,13,18H,8-10,12H2,1-3H3. The molecule has 1 saturated heterocycles. The van der Waals surface area contributed by atoms with E-state index in [0.717, 1.165) is 32.0 Å². The number of aromatic nitrogens is 1. The van der Waals surface area contributed by atoms with E-state index in [1.807, 2.05) is 13.2 Å². The highest BCUT2D eigenvalue weighted by atomic mass is 15.3. The van der Waals surface area contributed by atoms with E-state index in [4.69, 9.17) is 4.98 Å². The molecular formula is C17H24N4. The van der Waals surface area contributed by atoms with Crippen molar-refractivity contribution in [2.24, 2.45) is 0 Å². The van der Waals surface area contributed by atoms with Crippen molar-refractivity contribution >= 4 is 16.6 Å². The van der Waals surface area contributed by atoms with Crippen LogP contribution in [0.4, 0.5) is 5.82 Å². The molecule has 1 aromatic heterocycles. The van der Waals surface area contributed by atoms with E-state index < -0.39 is 0 Å². The summed E-state index contributed by atoms with van der Waals surface area (Å²) in [6, 6.07) is 9.11. The van der Waals surface area contributed by atoms with Gasteiger partial charge in [-0.05, 0) is 32.0 Å². The Bertz CT molecular complexity index is 625. The first kappa shape index (κ1) is 14.3. The third-order valence-corrected chi connectivity index (χ3v) is 4.33. The zero-order valence-corrected chi connectivity index (χ0v) is 13.1. The number of pyridine rings is 1. The van der Waals surface area contributed by atoms with Gasteiger partial charge in [-0.25, -0.2) is 4.98 Å². The number of hydrogen-bond acceptors (Lipinski definition) is 4. The SMILES string of the molecule is CNCc1cnc(N2CCN(C)CC2C)c2ccccc12. The van der Waals surface area contributed by atoms with Crippen LogP contribution in [0.15, 0.2) is 30.5 Å². The van der Waals surface area contributed by atoms with Gasteiger partial charge >= 0.3 is 0 Å². The fourth-order valence-corrected chi connectivity index (χ4v) is 3.25. The van der Waals surface area contributed by atoms with Crippen molar-refractivity contribution in [2.45, 2.75) is 19.5 Å². The van der Waals surface area contributed by atoms with E-state index in [2.05, 4.69) is 53.4 Å². The lowest BCUT2D eigenvalue weighted by atomic mass is 10.1. The average molecular weight is 284 g/mol. The summed E-state index contributed by atoms with van der Waals surface area (Å²) in [6.45, 7) is 6.37. The van der Waals surface area contributed by atoms with Gasteiger partial charge in [0.1, 0.15) is 5.82 Å². The van der Waals surface area contributed by atoms with Gasteiger partial charge in [-0.1, -0.05) is 24.3 Å². The highest BCUT2D eigenvalue weighted by Crippen LogP contribution is 2.29. The Morgan fingerprint density at radius 1 is 1.24 bits per heavy atom. The Balaban J connectivity index is 2.05. The lowest BCUT2D eigenvalue weighted by Crippen LogP contribution is -2.50. The molecule has 0 spiro atoms. The molecule has 0 radical (unpaired) electrons. The van der Waals surface area contributed by atoms with Crippen molar-refractivity contribution in [1.29, 1.82) is 0 Å². The van der Waals surface area contributed by atoms with Crippen LogP contribution in [0.3, 0.4) is 0 Å². The molecule has 0 bridgehead atoms. The number of benzene rings is 1. The molecule has 1 aliphatic heterocycles. The Morgan fingerprint density at radius 2 is 2.00 bits per heavy atom. The van der Waals surface area contributed by atoms with E-state index in [1.54, 1.807) is 0 Å². The first-order chi connectivity index (χ1) is 10.2. The smallest absolute Gasteiger partial charge is 0.136 e. The lowest BCUT2D eigenvalue weighted by molar-refractivity contribution is 0.275. The Hall–Kier alpha value is -1.65. The third kappa shape index (κ3) is 2.74. The molecule has 0 amide bonds. The van der Waals surface area contributed by atoms with Crippen LogP contribution < -0.4 is 10.2 Å². The molecule has 2 aromatic rings. The number of nitrogens with zero attached hydrogens (tertiary/aromatic N) is 3. The summed E-state index contributed by atoms with van der Waals surface area (Å²) < 4.78 is 0. The number of hydrogen-bond donors (Lipinski definition) is 1. The minimum Gasteiger partial charge on any atom is -0.351 e. The normalized spacial score (nSPS) is 20.1. The van der Waals surface area contributed by atoms with Gasteiger partial charge in [-0.15, -0.1) is 0 Å². The maximum Gasteiger partial charge on any atom is 0.136 e. The molecule has 0 saturated carbocycles. The van der Waals surface area contributed by atoms with Crippen molar-refractivity contribution in [1.82, 2.24) is 15.2 Å². The average Bonchev–Trinajstić information content (AvgIpc) is 2.49. The van der Waals surface area contributed by atoms with Crippen LogP contribution in [0.2, 0.25) is 0 Å². The minimum absolute atomic E-state index is 0.495.